The van der Waals surface area contributed by atoms with Gasteiger partial charge in [0.05, 0.1) is 6.20 Å². The smallest absolute Gasteiger partial charge is 0.150 e. The SMILES string of the molecule is Cc1cnn(-c2ccc(Cl)cc2F)c1C. The number of nitrogens with zero attached hydrogens (tertiary/aromatic N) is 2. The molecule has 0 aliphatic rings. The lowest BCUT2D eigenvalue weighted by Crippen LogP contribution is -2.01. The van der Waals surface area contributed by atoms with Gasteiger partial charge in [0.1, 0.15) is 11.5 Å². The van der Waals surface area contributed by atoms with Gasteiger partial charge in [0, 0.05) is 10.7 Å². The van der Waals surface area contributed by atoms with Gasteiger partial charge in [-0.25, -0.2) is 9.07 Å². The van der Waals surface area contributed by atoms with Crippen molar-refractivity contribution < 1.29 is 4.39 Å². The van der Waals surface area contributed by atoms with Gasteiger partial charge in [0.25, 0.3) is 0 Å². The summed E-state index contributed by atoms with van der Waals surface area (Å²) >= 11 is 5.68. The molecule has 0 spiro atoms. The molecule has 1 heterocycles. The second-order valence-electron chi connectivity index (χ2n) is 3.42. The van der Waals surface area contributed by atoms with Gasteiger partial charge in [0.2, 0.25) is 0 Å². The predicted octanol–water partition coefficient (Wildman–Crippen LogP) is 3.28. The van der Waals surface area contributed by atoms with E-state index in [1.54, 1.807) is 23.0 Å². The Morgan fingerprint density at radius 3 is 2.60 bits per heavy atom. The van der Waals surface area contributed by atoms with Crippen molar-refractivity contribution in [1.82, 2.24) is 9.78 Å². The maximum Gasteiger partial charge on any atom is 0.150 e. The maximum atomic E-state index is 13.6. The standard InChI is InChI=1S/C11H10ClFN2/c1-7-6-14-15(8(7)2)11-4-3-9(12)5-10(11)13/h3-6H,1-2H3. The van der Waals surface area contributed by atoms with Gasteiger partial charge in [0.15, 0.2) is 0 Å². The summed E-state index contributed by atoms with van der Waals surface area (Å²) < 4.78 is 15.2. The molecule has 1 aromatic heterocycles. The van der Waals surface area contributed by atoms with E-state index < -0.39 is 0 Å². The second-order valence-corrected chi connectivity index (χ2v) is 3.86. The van der Waals surface area contributed by atoms with Crippen molar-refractivity contribution in [3.8, 4) is 5.69 Å². The first-order valence-electron chi connectivity index (χ1n) is 4.56. The molecule has 0 aliphatic heterocycles. The van der Waals surface area contributed by atoms with Crippen LogP contribution < -0.4 is 0 Å². The first-order chi connectivity index (χ1) is 7.09. The third-order valence-corrected chi connectivity index (χ3v) is 2.63. The molecular weight excluding hydrogens is 215 g/mol. The molecule has 0 amide bonds. The Kier molecular flexibility index (Phi) is 2.49. The zero-order valence-corrected chi connectivity index (χ0v) is 9.22. The highest BCUT2D eigenvalue weighted by molar-refractivity contribution is 6.30. The average molecular weight is 225 g/mol. The van der Waals surface area contributed by atoms with E-state index in [-0.39, 0.29) is 5.82 Å². The molecule has 78 valence electrons. The topological polar surface area (TPSA) is 17.8 Å². The van der Waals surface area contributed by atoms with Crippen LogP contribution in [0.4, 0.5) is 4.39 Å². The molecule has 15 heavy (non-hydrogen) atoms. The van der Waals surface area contributed by atoms with Crippen LogP contribution >= 0.6 is 11.6 Å². The molecule has 0 atom stereocenters. The van der Waals surface area contributed by atoms with Crippen LogP contribution in [0.15, 0.2) is 24.4 Å². The number of halogens is 2. The highest BCUT2D eigenvalue weighted by Crippen LogP contribution is 2.20. The van der Waals surface area contributed by atoms with Crippen LogP contribution in [0, 0.1) is 19.7 Å². The van der Waals surface area contributed by atoms with Gasteiger partial charge in [-0.3, -0.25) is 0 Å². The Hall–Kier alpha value is -1.35. The number of rotatable bonds is 1. The summed E-state index contributed by atoms with van der Waals surface area (Å²) in [5, 5.41) is 4.50. The molecule has 2 aromatic rings. The molecule has 0 aliphatic carbocycles. The van der Waals surface area contributed by atoms with E-state index in [1.807, 2.05) is 13.8 Å². The molecule has 1 aromatic carbocycles. The highest BCUT2D eigenvalue weighted by atomic mass is 35.5. The summed E-state index contributed by atoms with van der Waals surface area (Å²) in [5.41, 5.74) is 2.38. The van der Waals surface area contributed by atoms with Crippen LogP contribution in [0.25, 0.3) is 5.69 Å². The summed E-state index contributed by atoms with van der Waals surface area (Å²) in [6, 6.07) is 4.56. The lowest BCUT2D eigenvalue weighted by molar-refractivity contribution is 0.608. The Balaban J connectivity index is 2.59. The molecule has 0 radical (unpaired) electrons. The Labute approximate surface area is 92.3 Å². The van der Waals surface area contributed by atoms with Crippen molar-refractivity contribution in [2.24, 2.45) is 0 Å². The van der Waals surface area contributed by atoms with Gasteiger partial charge in [-0.15, -0.1) is 0 Å². The zero-order chi connectivity index (χ0) is 11.0. The molecule has 2 nitrogen and oxygen atoms in total. The van der Waals surface area contributed by atoms with Gasteiger partial charge < -0.3 is 0 Å². The number of hydrogen-bond acceptors (Lipinski definition) is 1. The van der Waals surface area contributed by atoms with Crippen molar-refractivity contribution in [3.63, 3.8) is 0 Å². The first-order valence-corrected chi connectivity index (χ1v) is 4.94. The third kappa shape index (κ3) is 1.75. The lowest BCUT2D eigenvalue weighted by Gasteiger charge is -2.06. The van der Waals surface area contributed by atoms with Crippen LogP contribution in [0.2, 0.25) is 5.02 Å². The fourth-order valence-corrected chi connectivity index (χ4v) is 1.55. The summed E-state index contributed by atoms with van der Waals surface area (Å²) in [4.78, 5) is 0. The van der Waals surface area contributed by atoms with Crippen molar-refractivity contribution in [1.29, 1.82) is 0 Å². The van der Waals surface area contributed by atoms with Crippen LogP contribution in [-0.2, 0) is 0 Å². The van der Waals surface area contributed by atoms with Crippen molar-refractivity contribution in [3.05, 3.63) is 46.5 Å². The molecule has 2 rings (SSSR count). The van der Waals surface area contributed by atoms with E-state index >= 15 is 0 Å². The van der Waals surface area contributed by atoms with E-state index in [0.717, 1.165) is 11.3 Å². The Morgan fingerprint density at radius 1 is 1.33 bits per heavy atom. The number of benzene rings is 1. The molecule has 0 fully saturated rings. The summed E-state index contributed by atoms with van der Waals surface area (Å²) in [6.45, 7) is 3.84. The van der Waals surface area contributed by atoms with E-state index in [0.29, 0.717) is 10.7 Å². The molecule has 0 unspecified atom stereocenters. The highest BCUT2D eigenvalue weighted by Gasteiger charge is 2.09. The molecule has 4 heteroatoms. The molecular formula is C11H10ClFN2. The predicted molar refractivity (Wildman–Crippen MR) is 58.0 cm³/mol. The van der Waals surface area contributed by atoms with Gasteiger partial charge >= 0.3 is 0 Å². The van der Waals surface area contributed by atoms with Crippen LogP contribution in [0.3, 0.4) is 0 Å². The largest absolute Gasteiger partial charge is 0.235 e. The summed E-state index contributed by atoms with van der Waals surface area (Å²) in [5.74, 6) is -0.367. The van der Waals surface area contributed by atoms with E-state index in [1.165, 1.54) is 6.07 Å². The van der Waals surface area contributed by atoms with Gasteiger partial charge in [-0.05, 0) is 37.6 Å². The van der Waals surface area contributed by atoms with Crippen LogP contribution in [0.1, 0.15) is 11.3 Å². The zero-order valence-electron chi connectivity index (χ0n) is 8.46. The minimum atomic E-state index is -0.367. The molecule has 0 bridgehead atoms. The van der Waals surface area contributed by atoms with Crippen LogP contribution in [-0.4, -0.2) is 9.78 Å². The van der Waals surface area contributed by atoms with Gasteiger partial charge in [-0.2, -0.15) is 5.10 Å². The number of aryl methyl sites for hydroxylation is 1. The average Bonchev–Trinajstić information content (AvgIpc) is 2.49. The quantitative estimate of drug-likeness (QED) is 0.727. The second kappa shape index (κ2) is 3.66. The van der Waals surface area contributed by atoms with Gasteiger partial charge in [-0.1, -0.05) is 11.6 Å². The fourth-order valence-electron chi connectivity index (χ4n) is 1.39. The number of aromatic nitrogens is 2. The van der Waals surface area contributed by atoms with E-state index in [2.05, 4.69) is 5.10 Å². The van der Waals surface area contributed by atoms with Crippen molar-refractivity contribution in [2.75, 3.05) is 0 Å². The first kappa shape index (κ1) is 10.2. The minimum Gasteiger partial charge on any atom is -0.235 e. The molecule has 0 N–H and O–H groups in total. The molecule has 0 saturated heterocycles. The maximum absolute atomic E-state index is 13.6. The monoisotopic (exact) mass is 224 g/mol. The molecule has 0 saturated carbocycles. The van der Waals surface area contributed by atoms with E-state index in [9.17, 15) is 4.39 Å². The summed E-state index contributed by atoms with van der Waals surface area (Å²) in [7, 11) is 0. The Morgan fingerprint density at radius 2 is 2.07 bits per heavy atom. The van der Waals surface area contributed by atoms with E-state index in [4.69, 9.17) is 11.6 Å². The van der Waals surface area contributed by atoms with Crippen molar-refractivity contribution in [2.45, 2.75) is 13.8 Å². The fraction of sp³-hybridized carbons (Fsp3) is 0.182. The normalized spacial score (nSPS) is 10.7. The van der Waals surface area contributed by atoms with Crippen molar-refractivity contribution >= 4 is 11.6 Å². The number of hydrogen-bond donors (Lipinski definition) is 0. The Bertz CT molecular complexity index is 505. The van der Waals surface area contributed by atoms with Crippen LogP contribution in [0.5, 0.6) is 0 Å². The third-order valence-electron chi connectivity index (χ3n) is 2.39. The lowest BCUT2D eigenvalue weighted by atomic mass is 10.2. The minimum absolute atomic E-state index is 0.367. The summed E-state index contributed by atoms with van der Waals surface area (Å²) in [6.07, 6.45) is 1.71.